The molecule has 0 N–H and O–H groups in total. The van der Waals surface area contributed by atoms with E-state index in [1.54, 1.807) is 11.3 Å². The van der Waals surface area contributed by atoms with Gasteiger partial charge in [0.1, 0.15) is 0 Å². The number of aromatic nitrogens is 3. The third-order valence-electron chi connectivity index (χ3n) is 9.90. The van der Waals surface area contributed by atoms with E-state index in [-0.39, 0.29) is 0 Å². The molecule has 0 aliphatic carbocycles. The number of thiophene rings is 1. The van der Waals surface area contributed by atoms with Crippen molar-refractivity contribution in [3.63, 3.8) is 0 Å². The third kappa shape index (κ3) is 4.09. The topological polar surface area (TPSA) is 30.7 Å². The predicted octanol–water partition coefficient (Wildman–Crippen LogP) is 12.9. The standard InChI is InChI=1S/C46H29N3S/c1-3-14-31(4-2)49-37-22-13-21-35-33-19-11-12-20-34(33)40-32(24-25-38(49)42(40)41(35)37)30-23-26-39-36(27-30)44-45(50-39)43(28-15-7-5-8-16-28)47-46(48-44)29-17-9-6-10-18-29/h3-27H,1-2H2/b31-14+. The van der Waals surface area contributed by atoms with Gasteiger partial charge in [0.15, 0.2) is 5.82 Å². The average Bonchev–Trinajstić information content (AvgIpc) is 3.72. The lowest BCUT2D eigenvalue weighted by atomic mass is 9.89. The summed E-state index contributed by atoms with van der Waals surface area (Å²) in [6, 6.07) is 47.6. The van der Waals surface area contributed by atoms with Crippen molar-refractivity contribution in [1.29, 1.82) is 0 Å². The Morgan fingerprint density at radius 1 is 0.580 bits per heavy atom. The number of nitrogens with zero attached hydrogens (tertiary/aromatic N) is 3. The zero-order valence-electron chi connectivity index (χ0n) is 27.1. The lowest BCUT2D eigenvalue weighted by Gasteiger charge is -2.13. The molecule has 0 saturated carbocycles. The molecule has 7 aromatic carbocycles. The molecule has 3 aromatic heterocycles. The third-order valence-corrected chi connectivity index (χ3v) is 11.1. The maximum absolute atomic E-state index is 5.26. The molecule has 10 aromatic rings. The first-order valence-electron chi connectivity index (χ1n) is 16.7. The Bertz CT molecular complexity index is 3000. The van der Waals surface area contributed by atoms with Crippen molar-refractivity contribution >= 4 is 80.7 Å². The van der Waals surface area contributed by atoms with E-state index in [1.807, 2.05) is 42.5 Å². The summed E-state index contributed by atoms with van der Waals surface area (Å²) in [5.41, 5.74) is 9.73. The van der Waals surface area contributed by atoms with E-state index in [0.717, 1.165) is 60.5 Å². The molecule has 0 bridgehead atoms. The summed E-state index contributed by atoms with van der Waals surface area (Å²) >= 11 is 1.76. The van der Waals surface area contributed by atoms with Crippen LogP contribution in [0.3, 0.4) is 0 Å². The second-order valence-corrected chi connectivity index (χ2v) is 13.7. The Hall–Kier alpha value is -6.36. The summed E-state index contributed by atoms with van der Waals surface area (Å²) in [6.07, 6.45) is 5.78. The lowest BCUT2D eigenvalue weighted by Crippen LogP contribution is -1.94. The van der Waals surface area contributed by atoms with Gasteiger partial charge >= 0.3 is 0 Å². The van der Waals surface area contributed by atoms with Crippen LogP contribution in [0.2, 0.25) is 0 Å². The summed E-state index contributed by atoms with van der Waals surface area (Å²) in [5, 5.41) is 8.68. The van der Waals surface area contributed by atoms with E-state index < -0.39 is 0 Å². The summed E-state index contributed by atoms with van der Waals surface area (Å²) in [6.45, 7) is 8.16. The van der Waals surface area contributed by atoms with Crippen LogP contribution in [0.4, 0.5) is 0 Å². The fourth-order valence-electron chi connectivity index (χ4n) is 7.78. The van der Waals surface area contributed by atoms with Crippen LogP contribution < -0.4 is 0 Å². The molecule has 10 rings (SSSR count). The SMILES string of the molecule is C=C/C=C(\C=C)n1c2cccc3c4ccccc4c4c(-c5ccc6sc7c(-c8ccccc8)nc(-c8ccccc8)nc7c6c5)ccc1c4c32. The first kappa shape index (κ1) is 28.6. The molecule has 50 heavy (non-hydrogen) atoms. The van der Waals surface area contributed by atoms with Gasteiger partial charge in [-0.05, 0) is 63.7 Å². The zero-order valence-corrected chi connectivity index (χ0v) is 27.9. The van der Waals surface area contributed by atoms with Gasteiger partial charge in [-0.2, -0.15) is 0 Å². The zero-order chi connectivity index (χ0) is 33.3. The van der Waals surface area contributed by atoms with Crippen molar-refractivity contribution in [1.82, 2.24) is 14.5 Å². The predicted molar refractivity (Wildman–Crippen MR) is 215 cm³/mol. The number of hydrogen-bond donors (Lipinski definition) is 0. The smallest absolute Gasteiger partial charge is 0.160 e. The largest absolute Gasteiger partial charge is 0.309 e. The highest BCUT2D eigenvalue weighted by Gasteiger charge is 2.23. The molecule has 0 radical (unpaired) electrons. The second kappa shape index (κ2) is 11.1. The van der Waals surface area contributed by atoms with Gasteiger partial charge in [0.25, 0.3) is 0 Å². The number of fused-ring (bicyclic) bond motifs is 6. The van der Waals surface area contributed by atoms with Crippen molar-refractivity contribution in [3.05, 3.63) is 165 Å². The van der Waals surface area contributed by atoms with Crippen LogP contribution >= 0.6 is 11.3 Å². The maximum atomic E-state index is 5.26. The quantitative estimate of drug-likeness (QED) is 0.132. The Labute approximate surface area is 292 Å². The minimum atomic E-state index is 0.735. The number of allylic oxidation sites excluding steroid dienone is 4. The normalized spacial score (nSPS) is 12.3. The van der Waals surface area contributed by atoms with Gasteiger partial charge in [0.05, 0.1) is 26.9 Å². The lowest BCUT2D eigenvalue weighted by molar-refractivity contribution is 1.24. The van der Waals surface area contributed by atoms with Gasteiger partial charge in [-0.1, -0.05) is 128 Å². The molecule has 4 heteroatoms. The Morgan fingerprint density at radius 3 is 2.06 bits per heavy atom. The molecule has 0 aliphatic heterocycles. The van der Waals surface area contributed by atoms with E-state index in [9.17, 15) is 0 Å². The van der Waals surface area contributed by atoms with Crippen molar-refractivity contribution in [2.24, 2.45) is 0 Å². The monoisotopic (exact) mass is 655 g/mol. The van der Waals surface area contributed by atoms with Gasteiger partial charge in [-0.25, -0.2) is 9.97 Å². The summed E-state index contributed by atoms with van der Waals surface area (Å²) in [4.78, 5) is 10.4. The fourth-order valence-corrected chi connectivity index (χ4v) is 8.92. The number of benzene rings is 7. The van der Waals surface area contributed by atoms with Crippen LogP contribution in [0.1, 0.15) is 0 Å². The van der Waals surface area contributed by atoms with E-state index >= 15 is 0 Å². The first-order valence-corrected chi connectivity index (χ1v) is 17.6. The van der Waals surface area contributed by atoms with Crippen LogP contribution in [0, 0.1) is 0 Å². The fraction of sp³-hybridized carbons (Fsp3) is 0. The summed E-state index contributed by atoms with van der Waals surface area (Å²) in [7, 11) is 0. The molecular weight excluding hydrogens is 627 g/mol. The van der Waals surface area contributed by atoms with Crippen LogP contribution in [-0.4, -0.2) is 14.5 Å². The molecule has 0 fully saturated rings. The molecule has 3 heterocycles. The van der Waals surface area contributed by atoms with Crippen molar-refractivity contribution in [2.75, 3.05) is 0 Å². The minimum Gasteiger partial charge on any atom is -0.309 e. The highest BCUT2D eigenvalue weighted by atomic mass is 32.1. The van der Waals surface area contributed by atoms with E-state index in [2.05, 4.69) is 127 Å². The van der Waals surface area contributed by atoms with E-state index in [4.69, 9.17) is 9.97 Å². The van der Waals surface area contributed by atoms with Gasteiger partial charge < -0.3 is 4.57 Å². The molecule has 3 nitrogen and oxygen atoms in total. The maximum Gasteiger partial charge on any atom is 0.160 e. The van der Waals surface area contributed by atoms with Gasteiger partial charge in [0, 0.05) is 43.1 Å². The van der Waals surface area contributed by atoms with Crippen molar-refractivity contribution in [2.45, 2.75) is 0 Å². The molecule has 0 spiro atoms. The molecule has 0 aliphatic rings. The van der Waals surface area contributed by atoms with Crippen LogP contribution in [0.15, 0.2) is 165 Å². The van der Waals surface area contributed by atoms with Gasteiger partial charge in [0.2, 0.25) is 0 Å². The van der Waals surface area contributed by atoms with E-state index in [0.29, 0.717) is 0 Å². The Kier molecular flexibility index (Phi) is 6.35. The first-order chi connectivity index (χ1) is 24.7. The molecular formula is C46H29N3S. The van der Waals surface area contributed by atoms with Gasteiger partial charge in [-0.3, -0.25) is 0 Å². The second-order valence-electron chi connectivity index (χ2n) is 12.6. The highest BCUT2D eigenvalue weighted by molar-refractivity contribution is 7.26. The van der Waals surface area contributed by atoms with E-state index in [1.165, 1.54) is 42.6 Å². The molecule has 234 valence electrons. The number of hydrogen-bond acceptors (Lipinski definition) is 3. The Morgan fingerprint density at radius 2 is 1.28 bits per heavy atom. The average molecular weight is 656 g/mol. The van der Waals surface area contributed by atoms with Crippen molar-refractivity contribution < 1.29 is 0 Å². The number of rotatable bonds is 6. The molecule has 0 amide bonds. The minimum absolute atomic E-state index is 0.735. The molecule has 0 unspecified atom stereocenters. The van der Waals surface area contributed by atoms with Crippen LogP contribution in [0.5, 0.6) is 0 Å². The Balaban J connectivity index is 1.30. The highest BCUT2D eigenvalue weighted by Crippen LogP contribution is 2.48. The van der Waals surface area contributed by atoms with Crippen LogP contribution in [0.25, 0.3) is 103 Å². The summed E-state index contributed by atoms with van der Waals surface area (Å²) < 4.78 is 4.62. The van der Waals surface area contributed by atoms with Gasteiger partial charge in [-0.15, -0.1) is 11.3 Å². The molecule has 0 saturated heterocycles. The van der Waals surface area contributed by atoms with Crippen LogP contribution in [-0.2, 0) is 0 Å². The molecule has 0 atom stereocenters. The summed E-state index contributed by atoms with van der Waals surface area (Å²) in [5.74, 6) is 0.735. The van der Waals surface area contributed by atoms with Crippen molar-refractivity contribution in [3.8, 4) is 33.8 Å².